The SMILES string of the molecule is CCC(=O)Nc1ccc(OCC#N)cc1C. The first-order valence-electron chi connectivity index (χ1n) is 5.07. The number of anilines is 1. The molecule has 0 saturated heterocycles. The normalized spacial score (nSPS) is 9.31. The lowest BCUT2D eigenvalue weighted by atomic mass is 10.2. The molecule has 1 amide bonds. The van der Waals surface area contributed by atoms with Crippen molar-refractivity contribution in [3.8, 4) is 11.8 Å². The molecule has 0 bridgehead atoms. The Morgan fingerprint density at radius 2 is 2.31 bits per heavy atom. The number of amides is 1. The van der Waals surface area contributed by atoms with Crippen molar-refractivity contribution in [1.29, 1.82) is 5.26 Å². The maximum Gasteiger partial charge on any atom is 0.224 e. The molecule has 1 rings (SSSR count). The van der Waals surface area contributed by atoms with E-state index < -0.39 is 0 Å². The van der Waals surface area contributed by atoms with E-state index in [1.807, 2.05) is 13.0 Å². The summed E-state index contributed by atoms with van der Waals surface area (Å²) in [4.78, 5) is 11.2. The average molecular weight is 218 g/mol. The predicted molar refractivity (Wildman–Crippen MR) is 61.2 cm³/mol. The molecule has 0 radical (unpaired) electrons. The Morgan fingerprint density at radius 3 is 2.88 bits per heavy atom. The minimum Gasteiger partial charge on any atom is -0.479 e. The highest BCUT2D eigenvalue weighted by Gasteiger charge is 2.03. The van der Waals surface area contributed by atoms with Gasteiger partial charge in [-0.05, 0) is 30.7 Å². The zero-order valence-corrected chi connectivity index (χ0v) is 9.41. The fourth-order valence-electron chi connectivity index (χ4n) is 1.22. The Balaban J connectivity index is 2.75. The van der Waals surface area contributed by atoms with E-state index in [0.29, 0.717) is 12.2 Å². The topological polar surface area (TPSA) is 62.1 Å². The molecule has 84 valence electrons. The third-order valence-corrected chi connectivity index (χ3v) is 2.10. The molecule has 16 heavy (non-hydrogen) atoms. The van der Waals surface area contributed by atoms with Crippen LogP contribution in [0.3, 0.4) is 0 Å². The van der Waals surface area contributed by atoms with Crippen LogP contribution in [0.5, 0.6) is 5.75 Å². The molecule has 0 atom stereocenters. The fourth-order valence-corrected chi connectivity index (χ4v) is 1.22. The molecule has 0 spiro atoms. The summed E-state index contributed by atoms with van der Waals surface area (Å²) in [6.07, 6.45) is 0.451. The van der Waals surface area contributed by atoms with Gasteiger partial charge in [-0.15, -0.1) is 0 Å². The van der Waals surface area contributed by atoms with E-state index in [1.54, 1.807) is 25.1 Å². The summed E-state index contributed by atoms with van der Waals surface area (Å²) in [6.45, 7) is 3.71. The van der Waals surface area contributed by atoms with Gasteiger partial charge in [0.15, 0.2) is 6.61 Å². The number of nitriles is 1. The van der Waals surface area contributed by atoms with Crippen molar-refractivity contribution in [3.05, 3.63) is 23.8 Å². The number of hydrogen-bond acceptors (Lipinski definition) is 3. The van der Waals surface area contributed by atoms with Crippen molar-refractivity contribution in [2.24, 2.45) is 0 Å². The van der Waals surface area contributed by atoms with Crippen molar-refractivity contribution in [2.45, 2.75) is 20.3 Å². The highest BCUT2D eigenvalue weighted by atomic mass is 16.5. The molecule has 0 saturated carbocycles. The molecule has 0 heterocycles. The van der Waals surface area contributed by atoms with Crippen LogP contribution in [0, 0.1) is 18.3 Å². The van der Waals surface area contributed by atoms with Gasteiger partial charge in [0.05, 0.1) is 0 Å². The van der Waals surface area contributed by atoms with Crippen LogP contribution in [0.1, 0.15) is 18.9 Å². The minimum absolute atomic E-state index is 0.0196. The van der Waals surface area contributed by atoms with Crippen LogP contribution < -0.4 is 10.1 Å². The average Bonchev–Trinajstić information content (AvgIpc) is 2.29. The van der Waals surface area contributed by atoms with E-state index in [4.69, 9.17) is 10.00 Å². The third kappa shape index (κ3) is 3.28. The maximum atomic E-state index is 11.2. The van der Waals surface area contributed by atoms with Crippen LogP contribution in [-0.4, -0.2) is 12.5 Å². The molecular weight excluding hydrogens is 204 g/mol. The zero-order valence-electron chi connectivity index (χ0n) is 9.41. The zero-order chi connectivity index (χ0) is 12.0. The van der Waals surface area contributed by atoms with Gasteiger partial charge in [-0.1, -0.05) is 6.92 Å². The number of nitrogens with one attached hydrogen (secondary N) is 1. The quantitative estimate of drug-likeness (QED) is 0.843. The molecule has 1 aromatic carbocycles. The molecule has 1 aromatic rings. The molecular formula is C12H14N2O2. The van der Waals surface area contributed by atoms with E-state index in [2.05, 4.69) is 5.32 Å². The van der Waals surface area contributed by atoms with Crippen LogP contribution in [0.2, 0.25) is 0 Å². The summed E-state index contributed by atoms with van der Waals surface area (Å²) in [5.74, 6) is 0.613. The van der Waals surface area contributed by atoms with E-state index in [-0.39, 0.29) is 12.5 Å². The monoisotopic (exact) mass is 218 g/mol. The second-order valence-electron chi connectivity index (χ2n) is 3.33. The number of rotatable bonds is 4. The van der Waals surface area contributed by atoms with E-state index in [1.165, 1.54) is 0 Å². The number of hydrogen-bond donors (Lipinski definition) is 1. The summed E-state index contributed by atoms with van der Waals surface area (Å²) in [7, 11) is 0. The standard InChI is InChI=1S/C12H14N2O2/c1-3-12(15)14-11-5-4-10(8-9(11)2)16-7-6-13/h4-5,8H,3,7H2,1-2H3,(H,14,15). The number of carbonyl (C=O) groups excluding carboxylic acids is 1. The van der Waals surface area contributed by atoms with E-state index in [9.17, 15) is 4.79 Å². The first kappa shape index (κ1) is 12.1. The second-order valence-corrected chi connectivity index (χ2v) is 3.33. The Hall–Kier alpha value is -2.02. The third-order valence-electron chi connectivity index (χ3n) is 2.10. The van der Waals surface area contributed by atoms with Gasteiger partial charge in [0.1, 0.15) is 11.8 Å². The lowest BCUT2D eigenvalue weighted by Gasteiger charge is -2.09. The van der Waals surface area contributed by atoms with Gasteiger partial charge in [0.25, 0.3) is 0 Å². The van der Waals surface area contributed by atoms with Crippen molar-refractivity contribution < 1.29 is 9.53 Å². The Labute approximate surface area is 94.8 Å². The highest BCUT2D eigenvalue weighted by Crippen LogP contribution is 2.21. The molecule has 1 N–H and O–H groups in total. The summed E-state index contributed by atoms with van der Waals surface area (Å²) in [5, 5.41) is 11.2. The van der Waals surface area contributed by atoms with Gasteiger partial charge in [-0.2, -0.15) is 5.26 Å². The Bertz CT molecular complexity index is 422. The van der Waals surface area contributed by atoms with Crippen molar-refractivity contribution >= 4 is 11.6 Å². The molecule has 0 aliphatic carbocycles. The van der Waals surface area contributed by atoms with Crippen LogP contribution in [0.15, 0.2) is 18.2 Å². The molecule has 4 nitrogen and oxygen atoms in total. The highest BCUT2D eigenvalue weighted by molar-refractivity contribution is 5.91. The largest absolute Gasteiger partial charge is 0.479 e. The summed E-state index contributed by atoms with van der Waals surface area (Å²) in [5.41, 5.74) is 1.69. The Kier molecular flexibility index (Phi) is 4.34. The van der Waals surface area contributed by atoms with Crippen LogP contribution >= 0.6 is 0 Å². The Morgan fingerprint density at radius 1 is 1.56 bits per heavy atom. The van der Waals surface area contributed by atoms with E-state index >= 15 is 0 Å². The van der Waals surface area contributed by atoms with Gasteiger partial charge < -0.3 is 10.1 Å². The summed E-state index contributed by atoms with van der Waals surface area (Å²) >= 11 is 0. The van der Waals surface area contributed by atoms with Gasteiger partial charge in [-0.3, -0.25) is 4.79 Å². The van der Waals surface area contributed by atoms with Gasteiger partial charge in [0, 0.05) is 12.1 Å². The first-order chi connectivity index (χ1) is 7.67. The predicted octanol–water partition coefficient (Wildman–Crippen LogP) is 2.25. The van der Waals surface area contributed by atoms with Crippen LogP contribution in [-0.2, 0) is 4.79 Å². The first-order valence-corrected chi connectivity index (χ1v) is 5.07. The van der Waals surface area contributed by atoms with Gasteiger partial charge >= 0.3 is 0 Å². The molecule has 0 fully saturated rings. The molecule has 0 aromatic heterocycles. The number of benzene rings is 1. The van der Waals surface area contributed by atoms with Crippen LogP contribution in [0.4, 0.5) is 5.69 Å². The van der Waals surface area contributed by atoms with E-state index in [0.717, 1.165) is 11.3 Å². The lowest BCUT2D eigenvalue weighted by molar-refractivity contribution is -0.115. The lowest BCUT2D eigenvalue weighted by Crippen LogP contribution is -2.10. The smallest absolute Gasteiger partial charge is 0.224 e. The number of ether oxygens (including phenoxy) is 1. The van der Waals surface area contributed by atoms with Crippen molar-refractivity contribution in [1.82, 2.24) is 0 Å². The number of aryl methyl sites for hydroxylation is 1. The second kappa shape index (κ2) is 5.76. The van der Waals surface area contributed by atoms with Crippen molar-refractivity contribution in [3.63, 3.8) is 0 Å². The fraction of sp³-hybridized carbons (Fsp3) is 0.333. The molecule has 4 heteroatoms. The molecule has 0 aliphatic heterocycles. The van der Waals surface area contributed by atoms with Crippen LogP contribution in [0.25, 0.3) is 0 Å². The number of carbonyl (C=O) groups is 1. The number of nitrogens with zero attached hydrogens (tertiary/aromatic N) is 1. The summed E-state index contributed by atoms with van der Waals surface area (Å²) in [6, 6.07) is 7.20. The minimum atomic E-state index is -0.0196. The maximum absolute atomic E-state index is 11.2. The van der Waals surface area contributed by atoms with Crippen molar-refractivity contribution in [2.75, 3.05) is 11.9 Å². The van der Waals surface area contributed by atoms with Gasteiger partial charge in [-0.25, -0.2) is 0 Å². The molecule has 0 aliphatic rings. The molecule has 0 unspecified atom stereocenters. The van der Waals surface area contributed by atoms with Gasteiger partial charge in [0.2, 0.25) is 5.91 Å². The summed E-state index contributed by atoms with van der Waals surface area (Å²) < 4.78 is 5.15.